The summed E-state index contributed by atoms with van der Waals surface area (Å²) in [5.41, 5.74) is 2.25. The number of halogens is 1. The maximum absolute atomic E-state index is 11.7. The van der Waals surface area contributed by atoms with Gasteiger partial charge in [-0.1, -0.05) is 37.1 Å². The summed E-state index contributed by atoms with van der Waals surface area (Å²) < 4.78 is 1.89. The van der Waals surface area contributed by atoms with Crippen LogP contribution in [-0.2, 0) is 13.0 Å². The lowest BCUT2D eigenvalue weighted by atomic mass is 10.1. The average molecular weight is 387 g/mol. The molecule has 0 saturated heterocycles. The van der Waals surface area contributed by atoms with Gasteiger partial charge in [-0.05, 0) is 36.2 Å². The molecule has 2 aromatic carbocycles. The monoisotopic (exact) mass is 386 g/mol. The molecule has 0 bridgehead atoms. The van der Waals surface area contributed by atoms with E-state index in [1.165, 1.54) is 18.2 Å². The number of rotatable bonds is 7. The minimum absolute atomic E-state index is 0.106. The highest BCUT2D eigenvalue weighted by Crippen LogP contribution is 2.27. The second-order valence-corrected chi connectivity index (χ2v) is 6.78. The van der Waals surface area contributed by atoms with E-state index in [4.69, 9.17) is 16.7 Å². The van der Waals surface area contributed by atoms with Gasteiger partial charge in [0.25, 0.3) is 0 Å². The summed E-state index contributed by atoms with van der Waals surface area (Å²) in [6.07, 6.45) is 2.63. The third kappa shape index (κ3) is 3.95. The largest absolute Gasteiger partial charge is 0.478 e. The molecule has 27 heavy (non-hydrogen) atoms. The van der Waals surface area contributed by atoms with Crippen LogP contribution in [0.25, 0.3) is 11.0 Å². The number of aromatic nitrogens is 2. The molecule has 0 aliphatic heterocycles. The molecular formula is C20H19ClN2O4. The number of aryl methyl sites for hydroxylation is 1. The van der Waals surface area contributed by atoms with Crippen molar-refractivity contribution in [3.63, 3.8) is 0 Å². The van der Waals surface area contributed by atoms with Crippen LogP contribution in [0.2, 0.25) is 5.02 Å². The van der Waals surface area contributed by atoms with Crippen molar-refractivity contribution in [1.82, 2.24) is 9.55 Å². The SMILES string of the molecule is CCCCc1nc2cc(Cl)cc(C(=O)O)c2n1Cc1ccc(C(=O)O)cc1. The summed E-state index contributed by atoms with van der Waals surface area (Å²) in [7, 11) is 0. The van der Waals surface area contributed by atoms with E-state index in [0.717, 1.165) is 30.7 Å². The summed E-state index contributed by atoms with van der Waals surface area (Å²) in [5, 5.41) is 19.0. The Hall–Kier alpha value is -2.86. The summed E-state index contributed by atoms with van der Waals surface area (Å²) in [4.78, 5) is 27.4. The quantitative estimate of drug-likeness (QED) is 0.624. The molecule has 0 aliphatic carbocycles. The third-order valence-electron chi connectivity index (χ3n) is 4.41. The lowest BCUT2D eigenvalue weighted by Gasteiger charge is -2.11. The number of hydrogen-bond acceptors (Lipinski definition) is 3. The molecule has 0 amide bonds. The molecule has 2 N–H and O–H groups in total. The molecule has 0 radical (unpaired) electrons. The van der Waals surface area contributed by atoms with E-state index in [9.17, 15) is 14.7 Å². The van der Waals surface area contributed by atoms with E-state index in [2.05, 4.69) is 11.9 Å². The van der Waals surface area contributed by atoms with Crippen molar-refractivity contribution in [3.05, 3.63) is 63.9 Å². The molecule has 1 heterocycles. The third-order valence-corrected chi connectivity index (χ3v) is 4.63. The molecule has 7 heteroatoms. The van der Waals surface area contributed by atoms with E-state index in [-0.39, 0.29) is 11.1 Å². The normalized spacial score (nSPS) is 11.0. The van der Waals surface area contributed by atoms with E-state index in [0.29, 0.717) is 22.6 Å². The van der Waals surface area contributed by atoms with Crippen molar-refractivity contribution in [2.75, 3.05) is 0 Å². The van der Waals surface area contributed by atoms with Crippen molar-refractivity contribution in [2.45, 2.75) is 32.7 Å². The first-order valence-corrected chi connectivity index (χ1v) is 9.02. The van der Waals surface area contributed by atoms with Crippen LogP contribution in [0.3, 0.4) is 0 Å². The van der Waals surface area contributed by atoms with Crippen LogP contribution >= 0.6 is 11.6 Å². The van der Waals surface area contributed by atoms with Crippen LogP contribution in [0, 0.1) is 0 Å². The van der Waals surface area contributed by atoms with Crippen molar-refractivity contribution < 1.29 is 19.8 Å². The highest BCUT2D eigenvalue weighted by atomic mass is 35.5. The standard InChI is InChI=1S/C20H19ClN2O4/c1-2-3-4-17-22-16-10-14(21)9-15(20(26)27)18(16)23(17)11-12-5-7-13(8-6-12)19(24)25/h5-10H,2-4,11H2,1H3,(H,24,25)(H,26,27). The molecular weight excluding hydrogens is 368 g/mol. The van der Waals surface area contributed by atoms with Crippen molar-refractivity contribution >= 4 is 34.6 Å². The first-order chi connectivity index (χ1) is 12.9. The molecule has 0 atom stereocenters. The second-order valence-electron chi connectivity index (χ2n) is 6.35. The van der Waals surface area contributed by atoms with Crippen LogP contribution in [0.4, 0.5) is 0 Å². The summed E-state index contributed by atoms with van der Waals surface area (Å²) >= 11 is 6.07. The van der Waals surface area contributed by atoms with Gasteiger partial charge in [-0.2, -0.15) is 0 Å². The van der Waals surface area contributed by atoms with Gasteiger partial charge in [0.15, 0.2) is 0 Å². The number of imidazole rings is 1. The number of carboxylic acids is 2. The number of carboxylic acid groups (broad SMARTS) is 2. The van der Waals surface area contributed by atoms with Gasteiger partial charge in [0.1, 0.15) is 5.82 Å². The molecule has 0 spiro atoms. The Bertz CT molecular complexity index is 1010. The Morgan fingerprint density at radius 2 is 1.81 bits per heavy atom. The van der Waals surface area contributed by atoms with Gasteiger partial charge in [-0.15, -0.1) is 0 Å². The van der Waals surface area contributed by atoms with Crippen molar-refractivity contribution in [2.24, 2.45) is 0 Å². The highest BCUT2D eigenvalue weighted by Gasteiger charge is 2.19. The summed E-state index contributed by atoms with van der Waals surface area (Å²) in [5.74, 6) is -1.26. The van der Waals surface area contributed by atoms with E-state index in [1.54, 1.807) is 18.2 Å². The Morgan fingerprint density at radius 1 is 1.11 bits per heavy atom. The first kappa shape index (κ1) is 18.9. The predicted octanol–water partition coefficient (Wildman–Crippen LogP) is 4.48. The molecule has 3 aromatic rings. The number of fused-ring (bicyclic) bond motifs is 1. The topological polar surface area (TPSA) is 92.4 Å². The molecule has 0 unspecified atom stereocenters. The van der Waals surface area contributed by atoms with Gasteiger partial charge in [0.05, 0.1) is 22.2 Å². The molecule has 0 saturated carbocycles. The van der Waals surface area contributed by atoms with Gasteiger partial charge in [0.2, 0.25) is 0 Å². The number of nitrogens with zero attached hydrogens (tertiary/aromatic N) is 2. The zero-order valence-electron chi connectivity index (χ0n) is 14.8. The lowest BCUT2D eigenvalue weighted by Crippen LogP contribution is -2.09. The molecule has 6 nitrogen and oxygen atoms in total. The number of unbranched alkanes of at least 4 members (excludes halogenated alkanes) is 1. The molecule has 0 aliphatic rings. The van der Waals surface area contributed by atoms with E-state index < -0.39 is 11.9 Å². The maximum Gasteiger partial charge on any atom is 0.337 e. The number of aromatic carboxylic acids is 2. The van der Waals surface area contributed by atoms with Crippen molar-refractivity contribution in [3.8, 4) is 0 Å². The zero-order chi connectivity index (χ0) is 19.6. The lowest BCUT2D eigenvalue weighted by molar-refractivity contribution is 0.0686. The first-order valence-electron chi connectivity index (χ1n) is 8.65. The van der Waals surface area contributed by atoms with Crippen molar-refractivity contribution in [1.29, 1.82) is 0 Å². The highest BCUT2D eigenvalue weighted by molar-refractivity contribution is 6.31. The fraction of sp³-hybridized carbons (Fsp3) is 0.250. The Kier molecular flexibility index (Phi) is 5.46. The molecule has 1 aromatic heterocycles. The van der Waals surface area contributed by atoms with Gasteiger partial charge < -0.3 is 14.8 Å². The zero-order valence-corrected chi connectivity index (χ0v) is 15.5. The van der Waals surface area contributed by atoms with Gasteiger partial charge in [-0.25, -0.2) is 14.6 Å². The maximum atomic E-state index is 11.7. The Balaban J connectivity index is 2.12. The number of benzene rings is 2. The van der Waals surface area contributed by atoms with Gasteiger partial charge >= 0.3 is 11.9 Å². The summed E-state index contributed by atoms with van der Waals surface area (Å²) in [6, 6.07) is 9.64. The van der Waals surface area contributed by atoms with Crippen LogP contribution in [0.1, 0.15) is 51.9 Å². The second kappa shape index (κ2) is 7.80. The fourth-order valence-corrected chi connectivity index (χ4v) is 3.29. The van der Waals surface area contributed by atoms with Crippen LogP contribution in [-0.4, -0.2) is 31.7 Å². The number of hydrogen-bond donors (Lipinski definition) is 2. The fourth-order valence-electron chi connectivity index (χ4n) is 3.08. The Labute approximate surface area is 161 Å². The summed E-state index contributed by atoms with van der Waals surface area (Å²) in [6.45, 7) is 2.48. The van der Waals surface area contributed by atoms with Gasteiger partial charge in [-0.3, -0.25) is 0 Å². The van der Waals surface area contributed by atoms with Crippen LogP contribution in [0.15, 0.2) is 36.4 Å². The average Bonchev–Trinajstić information content (AvgIpc) is 2.96. The van der Waals surface area contributed by atoms with E-state index >= 15 is 0 Å². The smallest absolute Gasteiger partial charge is 0.337 e. The molecule has 140 valence electrons. The van der Waals surface area contributed by atoms with E-state index in [1.807, 2.05) is 4.57 Å². The molecule has 3 rings (SSSR count). The van der Waals surface area contributed by atoms with Crippen LogP contribution in [0.5, 0.6) is 0 Å². The predicted molar refractivity (Wildman–Crippen MR) is 103 cm³/mol. The van der Waals surface area contributed by atoms with Gasteiger partial charge in [0, 0.05) is 18.0 Å². The minimum atomic E-state index is -1.06. The Morgan fingerprint density at radius 3 is 2.41 bits per heavy atom. The number of carbonyl (C=O) groups is 2. The minimum Gasteiger partial charge on any atom is -0.478 e. The van der Waals surface area contributed by atoms with Crippen LogP contribution < -0.4 is 0 Å². The molecule has 0 fully saturated rings.